The Hall–Kier alpha value is -2.19. The highest BCUT2D eigenvalue weighted by Gasteiger charge is 2.12. The molecule has 2 heterocycles. The number of anilines is 1. The van der Waals surface area contributed by atoms with E-state index < -0.39 is 0 Å². The van der Waals surface area contributed by atoms with Crippen molar-refractivity contribution in [1.29, 1.82) is 0 Å². The van der Waals surface area contributed by atoms with Gasteiger partial charge in [0.2, 0.25) is 0 Å². The summed E-state index contributed by atoms with van der Waals surface area (Å²) >= 11 is 9.05. The maximum absolute atomic E-state index is 5.50. The van der Waals surface area contributed by atoms with Crippen molar-refractivity contribution in [2.45, 2.75) is 26.6 Å². The van der Waals surface area contributed by atoms with E-state index in [0.717, 1.165) is 28.9 Å². The molecule has 2 aromatic heterocycles. The number of nitrogens with zero attached hydrogens (tertiary/aromatic N) is 5. The van der Waals surface area contributed by atoms with Crippen LogP contribution in [0, 0.1) is 0 Å². The molecule has 136 valence electrons. The molecule has 6 nitrogen and oxygen atoms in total. The van der Waals surface area contributed by atoms with Crippen molar-refractivity contribution in [3.63, 3.8) is 0 Å². The third-order valence-corrected chi connectivity index (χ3v) is 4.99. The van der Waals surface area contributed by atoms with Crippen molar-refractivity contribution in [1.82, 2.24) is 24.5 Å². The molecule has 0 saturated heterocycles. The van der Waals surface area contributed by atoms with E-state index in [0.29, 0.717) is 11.7 Å². The molecule has 0 fully saturated rings. The molecular formula is C18H21BrN6S. The number of benzene rings is 1. The number of thiocarbonyl (C=S) groups is 1. The maximum atomic E-state index is 5.50. The summed E-state index contributed by atoms with van der Waals surface area (Å²) in [5.74, 6) is 0. The van der Waals surface area contributed by atoms with Gasteiger partial charge in [-0.15, -0.1) is 0 Å². The lowest BCUT2D eigenvalue weighted by Crippen LogP contribution is -2.30. The molecule has 0 amide bonds. The zero-order valence-electron chi connectivity index (χ0n) is 14.8. The Morgan fingerprint density at radius 3 is 2.69 bits per heavy atom. The van der Waals surface area contributed by atoms with Crippen molar-refractivity contribution in [3.05, 3.63) is 64.7 Å². The molecule has 0 aliphatic rings. The van der Waals surface area contributed by atoms with Gasteiger partial charge in [0.05, 0.1) is 35.1 Å². The number of rotatable bonds is 6. The van der Waals surface area contributed by atoms with E-state index in [1.54, 1.807) is 6.20 Å². The molecule has 1 aromatic carbocycles. The third kappa shape index (κ3) is 4.70. The third-order valence-electron chi connectivity index (χ3n) is 3.92. The fourth-order valence-corrected chi connectivity index (χ4v) is 3.13. The van der Waals surface area contributed by atoms with Crippen molar-refractivity contribution < 1.29 is 0 Å². The van der Waals surface area contributed by atoms with Crippen LogP contribution < -0.4 is 5.32 Å². The van der Waals surface area contributed by atoms with Crippen LogP contribution in [0.15, 0.2) is 53.4 Å². The molecule has 0 saturated carbocycles. The summed E-state index contributed by atoms with van der Waals surface area (Å²) in [5.41, 5.74) is 3.03. The quantitative estimate of drug-likeness (QED) is 0.601. The van der Waals surface area contributed by atoms with Gasteiger partial charge in [0.15, 0.2) is 5.11 Å². The lowest BCUT2D eigenvalue weighted by molar-refractivity contribution is 0.491. The summed E-state index contributed by atoms with van der Waals surface area (Å²) in [5, 5.41) is 12.8. The van der Waals surface area contributed by atoms with Crippen molar-refractivity contribution >= 4 is 38.9 Å². The molecule has 3 aromatic rings. The number of aryl methyl sites for hydroxylation is 1. The van der Waals surface area contributed by atoms with Gasteiger partial charge in [0.25, 0.3) is 0 Å². The normalized spacial score (nSPS) is 10.7. The van der Waals surface area contributed by atoms with Gasteiger partial charge in [-0.05, 0) is 40.6 Å². The Bertz CT molecular complexity index is 873. The highest BCUT2D eigenvalue weighted by atomic mass is 79.9. The van der Waals surface area contributed by atoms with Gasteiger partial charge in [-0.25, -0.2) is 0 Å². The Balaban J connectivity index is 1.58. The van der Waals surface area contributed by atoms with Gasteiger partial charge >= 0.3 is 0 Å². The van der Waals surface area contributed by atoms with Crippen LogP contribution in [-0.4, -0.2) is 36.6 Å². The second-order valence-electron chi connectivity index (χ2n) is 5.98. The first-order valence-electron chi connectivity index (χ1n) is 8.35. The minimum Gasteiger partial charge on any atom is -0.346 e. The van der Waals surface area contributed by atoms with E-state index in [9.17, 15) is 0 Å². The second-order valence-corrected chi connectivity index (χ2v) is 7.22. The Morgan fingerprint density at radius 1 is 1.23 bits per heavy atom. The Labute approximate surface area is 166 Å². The van der Waals surface area contributed by atoms with E-state index in [1.807, 2.05) is 51.9 Å². The standard InChI is InChI=1S/C18H21BrN6S/c1-3-24-12-16(19)17(22-24)13-23(2)18(26)21-15-9-20-25(11-15)10-14-7-5-4-6-8-14/h4-9,11-12H,3,10,13H2,1-2H3,(H,21,26). The van der Waals surface area contributed by atoms with Gasteiger partial charge in [-0.1, -0.05) is 30.3 Å². The van der Waals surface area contributed by atoms with Gasteiger partial charge in [0.1, 0.15) is 0 Å². The topological polar surface area (TPSA) is 50.9 Å². The van der Waals surface area contributed by atoms with Crippen LogP contribution in [0.3, 0.4) is 0 Å². The van der Waals surface area contributed by atoms with E-state index in [2.05, 4.69) is 50.5 Å². The molecule has 0 aliphatic carbocycles. The van der Waals surface area contributed by atoms with Crippen LogP contribution in [-0.2, 0) is 19.6 Å². The average molecular weight is 433 g/mol. The average Bonchev–Trinajstić information content (AvgIpc) is 3.22. The van der Waals surface area contributed by atoms with Crippen LogP contribution in [0.5, 0.6) is 0 Å². The van der Waals surface area contributed by atoms with Crippen LogP contribution in [0.4, 0.5) is 5.69 Å². The molecule has 8 heteroatoms. The minimum atomic E-state index is 0.623. The zero-order chi connectivity index (χ0) is 18.5. The fourth-order valence-electron chi connectivity index (χ4n) is 2.51. The highest BCUT2D eigenvalue weighted by Crippen LogP contribution is 2.17. The molecule has 0 unspecified atom stereocenters. The van der Waals surface area contributed by atoms with Gasteiger partial charge in [0, 0.05) is 26.0 Å². The van der Waals surface area contributed by atoms with Crippen molar-refractivity contribution in [2.75, 3.05) is 12.4 Å². The fraction of sp³-hybridized carbons (Fsp3) is 0.278. The number of nitrogens with one attached hydrogen (secondary N) is 1. The van der Waals surface area contributed by atoms with Crippen molar-refractivity contribution in [3.8, 4) is 0 Å². The summed E-state index contributed by atoms with van der Waals surface area (Å²) in [7, 11) is 1.95. The van der Waals surface area contributed by atoms with Gasteiger partial charge < -0.3 is 10.2 Å². The van der Waals surface area contributed by atoms with Crippen LogP contribution in [0.1, 0.15) is 18.2 Å². The monoisotopic (exact) mass is 432 g/mol. The summed E-state index contributed by atoms with van der Waals surface area (Å²) in [4.78, 5) is 1.96. The molecule has 0 radical (unpaired) electrons. The molecule has 0 bridgehead atoms. The van der Waals surface area contributed by atoms with Crippen molar-refractivity contribution in [2.24, 2.45) is 0 Å². The largest absolute Gasteiger partial charge is 0.346 e. The molecule has 0 spiro atoms. The molecular weight excluding hydrogens is 412 g/mol. The smallest absolute Gasteiger partial charge is 0.173 e. The molecule has 0 atom stereocenters. The van der Waals surface area contributed by atoms with Crippen LogP contribution >= 0.6 is 28.1 Å². The lowest BCUT2D eigenvalue weighted by atomic mass is 10.2. The molecule has 3 rings (SSSR count). The Morgan fingerprint density at radius 2 is 2.00 bits per heavy atom. The summed E-state index contributed by atoms with van der Waals surface area (Å²) in [6.07, 6.45) is 5.72. The molecule has 0 aliphatic heterocycles. The lowest BCUT2D eigenvalue weighted by Gasteiger charge is -2.19. The zero-order valence-corrected chi connectivity index (χ0v) is 17.2. The van der Waals surface area contributed by atoms with E-state index in [4.69, 9.17) is 12.2 Å². The molecule has 1 N–H and O–H groups in total. The van der Waals surface area contributed by atoms with Crippen LogP contribution in [0.2, 0.25) is 0 Å². The highest BCUT2D eigenvalue weighted by molar-refractivity contribution is 9.10. The van der Waals surface area contributed by atoms with Crippen LogP contribution in [0.25, 0.3) is 0 Å². The van der Waals surface area contributed by atoms with Gasteiger partial charge in [-0.3, -0.25) is 9.36 Å². The SMILES string of the molecule is CCn1cc(Br)c(CN(C)C(=S)Nc2cnn(Cc3ccccc3)c2)n1. The first kappa shape index (κ1) is 18.6. The van der Waals surface area contributed by atoms with Gasteiger partial charge in [-0.2, -0.15) is 10.2 Å². The predicted octanol–water partition coefficient (Wildman–Crippen LogP) is 3.74. The first-order chi connectivity index (χ1) is 12.5. The predicted molar refractivity (Wildman–Crippen MR) is 111 cm³/mol. The number of hydrogen-bond acceptors (Lipinski definition) is 3. The number of aromatic nitrogens is 4. The van der Waals surface area contributed by atoms with E-state index in [1.165, 1.54) is 5.56 Å². The maximum Gasteiger partial charge on any atom is 0.173 e. The first-order valence-corrected chi connectivity index (χ1v) is 9.55. The summed E-state index contributed by atoms with van der Waals surface area (Å²) in [6.45, 7) is 4.25. The molecule has 26 heavy (non-hydrogen) atoms. The Kier molecular flexibility index (Phi) is 6.05. The van der Waals surface area contributed by atoms with E-state index >= 15 is 0 Å². The number of hydrogen-bond donors (Lipinski definition) is 1. The summed E-state index contributed by atoms with van der Waals surface area (Å²) in [6, 6.07) is 10.2. The summed E-state index contributed by atoms with van der Waals surface area (Å²) < 4.78 is 4.78. The van der Waals surface area contributed by atoms with E-state index in [-0.39, 0.29) is 0 Å². The number of halogens is 1. The minimum absolute atomic E-state index is 0.623. The second kappa shape index (κ2) is 8.46.